The third-order valence-electron chi connectivity index (χ3n) is 8.08. The zero-order chi connectivity index (χ0) is 25.0. The van der Waals surface area contributed by atoms with E-state index in [1.807, 2.05) is 45.0 Å². The molecule has 2 aliphatic heterocycles. The van der Waals surface area contributed by atoms with Crippen LogP contribution in [0.15, 0.2) is 48.5 Å². The van der Waals surface area contributed by atoms with E-state index in [4.69, 9.17) is 4.74 Å². The van der Waals surface area contributed by atoms with Crippen molar-refractivity contribution >= 4 is 18.0 Å². The van der Waals surface area contributed by atoms with E-state index in [-0.39, 0.29) is 30.4 Å². The van der Waals surface area contributed by atoms with Crippen molar-refractivity contribution < 1.29 is 24.2 Å². The summed E-state index contributed by atoms with van der Waals surface area (Å²) in [7, 11) is 0. The van der Waals surface area contributed by atoms with Gasteiger partial charge < -0.3 is 20.1 Å². The second-order valence-corrected chi connectivity index (χ2v) is 11.3. The Labute approximate surface area is 205 Å². The van der Waals surface area contributed by atoms with Gasteiger partial charge in [0.15, 0.2) is 0 Å². The monoisotopic (exact) mass is 476 g/mol. The number of rotatable bonds is 7. The molecule has 4 aliphatic rings. The van der Waals surface area contributed by atoms with Gasteiger partial charge in [0.25, 0.3) is 0 Å². The average Bonchev–Trinajstić information content (AvgIpc) is 3.40. The summed E-state index contributed by atoms with van der Waals surface area (Å²) in [5.74, 6) is -1.11. The molecule has 2 aromatic rings. The molecule has 35 heavy (non-hydrogen) atoms. The highest BCUT2D eigenvalue weighted by Crippen LogP contribution is 2.60. The molecule has 2 saturated heterocycles. The lowest BCUT2D eigenvalue weighted by atomic mass is 9.63. The number of hydrogen-bond acceptors (Lipinski definition) is 4. The molecule has 2 aliphatic carbocycles. The minimum absolute atomic E-state index is 0.0126. The van der Waals surface area contributed by atoms with Gasteiger partial charge in [0.05, 0.1) is 0 Å². The highest BCUT2D eigenvalue weighted by Gasteiger charge is 2.69. The molecule has 0 radical (unpaired) electrons. The van der Waals surface area contributed by atoms with E-state index in [1.54, 1.807) is 4.90 Å². The number of carboxylic acid groups (broad SMARTS) is 1. The zero-order valence-corrected chi connectivity index (χ0v) is 20.5. The molecular formula is C28H32N2O5. The molecule has 6 rings (SSSR count). The second-order valence-electron chi connectivity index (χ2n) is 11.3. The third kappa shape index (κ3) is 3.77. The van der Waals surface area contributed by atoms with Crippen LogP contribution in [0.2, 0.25) is 0 Å². The number of aliphatic carboxylic acids is 1. The maximum atomic E-state index is 13.3. The fraction of sp³-hybridized carbons (Fsp3) is 0.464. The minimum Gasteiger partial charge on any atom is -0.479 e. The molecule has 184 valence electrons. The van der Waals surface area contributed by atoms with Crippen LogP contribution in [0.3, 0.4) is 0 Å². The predicted octanol–water partition coefficient (Wildman–Crippen LogP) is 4.41. The Morgan fingerprint density at radius 2 is 1.63 bits per heavy atom. The number of nitrogens with zero attached hydrogens (tertiary/aromatic N) is 1. The standard InChI is InChI=1S/C28H32N2O5/c1-26(2,23(31)30-17-27(3)15-28(30,16-27)24(32)33)12-13-29-25(34)35-14-22-20-10-6-4-8-18(20)19-9-5-7-11-21(19)22/h4-11,22H,12-17H2,1-3H3,(H,29,34)(H,32,33). The Bertz CT molecular complexity index is 1150. The fourth-order valence-electron chi connectivity index (χ4n) is 6.33. The molecule has 0 unspecified atom stereocenters. The highest BCUT2D eigenvalue weighted by atomic mass is 16.5. The molecule has 0 spiro atoms. The van der Waals surface area contributed by atoms with Gasteiger partial charge in [0.2, 0.25) is 5.91 Å². The SMILES string of the molecule is CC12CN(C(=O)C(C)(C)CCNC(=O)OCC3c4ccccc4-c4ccccc43)C(C(=O)O)(C1)C2. The van der Waals surface area contributed by atoms with Gasteiger partial charge in [0, 0.05) is 24.4 Å². The summed E-state index contributed by atoms with van der Waals surface area (Å²) >= 11 is 0. The molecule has 2 bridgehead atoms. The van der Waals surface area contributed by atoms with E-state index < -0.39 is 23.0 Å². The number of carbonyl (C=O) groups excluding carboxylic acids is 2. The molecule has 7 nitrogen and oxygen atoms in total. The topological polar surface area (TPSA) is 95.9 Å². The number of nitrogens with one attached hydrogen (secondary N) is 1. The Hall–Kier alpha value is -3.35. The molecule has 3 fully saturated rings. The summed E-state index contributed by atoms with van der Waals surface area (Å²) in [4.78, 5) is 39.2. The van der Waals surface area contributed by atoms with Crippen LogP contribution < -0.4 is 5.32 Å². The van der Waals surface area contributed by atoms with Crippen molar-refractivity contribution in [3.8, 4) is 11.1 Å². The Kier molecular flexibility index (Phi) is 5.42. The van der Waals surface area contributed by atoms with E-state index in [2.05, 4.69) is 29.6 Å². The van der Waals surface area contributed by atoms with Gasteiger partial charge in [-0.1, -0.05) is 69.3 Å². The number of hydrogen-bond donors (Lipinski definition) is 2. The number of amides is 2. The molecule has 7 heteroatoms. The molecule has 1 saturated carbocycles. The van der Waals surface area contributed by atoms with Crippen LogP contribution in [-0.2, 0) is 14.3 Å². The first-order valence-corrected chi connectivity index (χ1v) is 12.2. The van der Waals surface area contributed by atoms with Crippen molar-refractivity contribution in [3.05, 3.63) is 59.7 Å². The maximum absolute atomic E-state index is 13.3. The van der Waals surface area contributed by atoms with E-state index in [0.29, 0.717) is 25.8 Å². The van der Waals surface area contributed by atoms with Gasteiger partial charge in [-0.15, -0.1) is 0 Å². The van der Waals surface area contributed by atoms with E-state index in [9.17, 15) is 19.5 Å². The first kappa shape index (κ1) is 23.4. The summed E-state index contributed by atoms with van der Waals surface area (Å²) in [5.41, 5.74) is 2.67. The number of carboxylic acids is 1. The first-order chi connectivity index (χ1) is 16.6. The maximum Gasteiger partial charge on any atom is 0.407 e. The second kappa shape index (κ2) is 8.11. The zero-order valence-electron chi connectivity index (χ0n) is 20.5. The van der Waals surface area contributed by atoms with Crippen molar-refractivity contribution in [1.82, 2.24) is 10.2 Å². The summed E-state index contributed by atoms with van der Waals surface area (Å²) < 4.78 is 5.58. The van der Waals surface area contributed by atoms with Gasteiger partial charge in [-0.05, 0) is 46.9 Å². The predicted molar refractivity (Wildman–Crippen MR) is 131 cm³/mol. The van der Waals surface area contributed by atoms with Crippen molar-refractivity contribution in [2.75, 3.05) is 19.7 Å². The minimum atomic E-state index is -1.07. The van der Waals surface area contributed by atoms with Crippen molar-refractivity contribution in [3.63, 3.8) is 0 Å². The van der Waals surface area contributed by atoms with Gasteiger partial charge in [-0.25, -0.2) is 9.59 Å². The van der Waals surface area contributed by atoms with E-state index >= 15 is 0 Å². The highest BCUT2D eigenvalue weighted by molar-refractivity contribution is 5.92. The summed E-state index contributed by atoms with van der Waals surface area (Å²) in [5, 5.41) is 12.5. The first-order valence-electron chi connectivity index (χ1n) is 12.2. The van der Waals surface area contributed by atoms with Crippen LogP contribution >= 0.6 is 0 Å². The van der Waals surface area contributed by atoms with Crippen LogP contribution in [0.5, 0.6) is 0 Å². The number of carbonyl (C=O) groups is 3. The Balaban J connectivity index is 1.15. The molecule has 2 heterocycles. The van der Waals surface area contributed by atoms with Crippen molar-refractivity contribution in [2.24, 2.45) is 10.8 Å². The van der Waals surface area contributed by atoms with E-state index in [1.165, 1.54) is 11.1 Å². The normalized spacial score (nSPS) is 24.4. The van der Waals surface area contributed by atoms with Gasteiger partial charge >= 0.3 is 12.1 Å². The Morgan fingerprint density at radius 1 is 1.06 bits per heavy atom. The average molecular weight is 477 g/mol. The molecule has 2 aromatic carbocycles. The number of ether oxygens (including phenoxy) is 1. The van der Waals surface area contributed by atoms with Gasteiger partial charge in [-0.2, -0.15) is 0 Å². The third-order valence-corrected chi connectivity index (χ3v) is 8.08. The molecule has 2 N–H and O–H groups in total. The van der Waals surface area contributed by atoms with Gasteiger partial charge in [-0.3, -0.25) is 4.79 Å². The van der Waals surface area contributed by atoms with Crippen LogP contribution in [0.4, 0.5) is 4.79 Å². The lowest BCUT2D eigenvalue weighted by molar-refractivity contribution is -0.163. The molecule has 2 amide bonds. The largest absolute Gasteiger partial charge is 0.479 e. The molecule has 0 atom stereocenters. The number of benzene rings is 2. The van der Waals surface area contributed by atoms with Crippen LogP contribution in [0.1, 0.15) is 57.1 Å². The van der Waals surface area contributed by atoms with Crippen LogP contribution in [-0.4, -0.2) is 53.2 Å². The van der Waals surface area contributed by atoms with Crippen molar-refractivity contribution in [2.45, 2.75) is 51.5 Å². The summed E-state index contributed by atoms with van der Waals surface area (Å²) in [6, 6.07) is 16.3. The fourth-order valence-corrected chi connectivity index (χ4v) is 6.33. The molecular weight excluding hydrogens is 444 g/mol. The summed E-state index contributed by atoms with van der Waals surface area (Å²) in [6.07, 6.45) is 0.886. The lowest BCUT2D eigenvalue weighted by Crippen LogP contribution is -2.58. The number of fused-ring (bicyclic) bond motifs is 4. The summed E-state index contributed by atoms with van der Waals surface area (Å²) in [6.45, 7) is 6.62. The van der Waals surface area contributed by atoms with Crippen LogP contribution in [0.25, 0.3) is 11.1 Å². The Morgan fingerprint density at radius 3 is 2.20 bits per heavy atom. The van der Waals surface area contributed by atoms with Crippen LogP contribution in [0, 0.1) is 10.8 Å². The molecule has 0 aromatic heterocycles. The van der Waals surface area contributed by atoms with Gasteiger partial charge in [0.1, 0.15) is 12.1 Å². The quantitative estimate of drug-likeness (QED) is 0.617. The smallest absolute Gasteiger partial charge is 0.407 e. The van der Waals surface area contributed by atoms with E-state index in [0.717, 1.165) is 11.1 Å². The lowest BCUT2D eigenvalue weighted by Gasteiger charge is -2.44. The number of alkyl carbamates (subject to hydrolysis) is 1. The van der Waals surface area contributed by atoms with Crippen molar-refractivity contribution in [1.29, 1.82) is 0 Å².